The molecule has 0 saturated carbocycles. The van der Waals surface area contributed by atoms with Crippen molar-refractivity contribution in [2.45, 2.75) is 6.92 Å². The van der Waals surface area contributed by atoms with Gasteiger partial charge in [-0.1, -0.05) is 18.2 Å². The standard InChI is InChI=1S/C17H12O5/c1-10-16(22-11-5-3-2-4-6-11)15(20)12-7-8-14(19)13(9-18)17(12)21-10/h2-9,19H,1H3. The Hall–Kier alpha value is -3.08. The third-order valence-electron chi connectivity index (χ3n) is 3.28. The summed E-state index contributed by atoms with van der Waals surface area (Å²) >= 11 is 0. The van der Waals surface area contributed by atoms with Gasteiger partial charge >= 0.3 is 0 Å². The van der Waals surface area contributed by atoms with Crippen molar-refractivity contribution in [3.63, 3.8) is 0 Å². The average Bonchev–Trinajstić information content (AvgIpc) is 2.52. The highest BCUT2D eigenvalue weighted by molar-refractivity contribution is 5.97. The maximum atomic E-state index is 12.6. The molecule has 0 fully saturated rings. The van der Waals surface area contributed by atoms with Crippen molar-refractivity contribution in [2.75, 3.05) is 0 Å². The van der Waals surface area contributed by atoms with Crippen molar-refractivity contribution in [3.05, 3.63) is 64.0 Å². The molecule has 0 bridgehead atoms. The molecule has 0 aliphatic carbocycles. The number of rotatable bonds is 3. The number of ether oxygens (including phenoxy) is 1. The first-order chi connectivity index (χ1) is 10.6. The molecule has 110 valence electrons. The van der Waals surface area contributed by atoms with E-state index in [2.05, 4.69) is 0 Å². The second kappa shape index (κ2) is 5.37. The van der Waals surface area contributed by atoms with E-state index < -0.39 is 5.43 Å². The van der Waals surface area contributed by atoms with Crippen LogP contribution >= 0.6 is 0 Å². The van der Waals surface area contributed by atoms with E-state index in [0.29, 0.717) is 12.0 Å². The molecule has 0 radical (unpaired) electrons. The van der Waals surface area contributed by atoms with Crippen molar-refractivity contribution < 1.29 is 19.1 Å². The first kappa shape index (κ1) is 13.9. The van der Waals surface area contributed by atoms with E-state index in [-0.39, 0.29) is 33.8 Å². The van der Waals surface area contributed by atoms with E-state index in [1.807, 2.05) is 6.07 Å². The number of benzene rings is 2. The lowest BCUT2D eigenvalue weighted by Crippen LogP contribution is -2.08. The van der Waals surface area contributed by atoms with Crippen LogP contribution < -0.4 is 10.2 Å². The number of hydrogen-bond donors (Lipinski definition) is 1. The fourth-order valence-electron chi connectivity index (χ4n) is 2.20. The lowest BCUT2D eigenvalue weighted by atomic mass is 10.1. The van der Waals surface area contributed by atoms with E-state index in [1.54, 1.807) is 31.2 Å². The van der Waals surface area contributed by atoms with Crippen LogP contribution in [0.3, 0.4) is 0 Å². The molecule has 1 aromatic heterocycles. The van der Waals surface area contributed by atoms with Crippen molar-refractivity contribution >= 4 is 17.3 Å². The van der Waals surface area contributed by atoms with E-state index >= 15 is 0 Å². The Balaban J connectivity index is 2.24. The number of aromatic hydroxyl groups is 1. The van der Waals surface area contributed by atoms with Crippen LogP contribution in [0, 0.1) is 6.92 Å². The zero-order valence-corrected chi connectivity index (χ0v) is 11.7. The molecule has 1 N–H and O–H groups in total. The van der Waals surface area contributed by atoms with Gasteiger partial charge in [0.1, 0.15) is 17.3 Å². The van der Waals surface area contributed by atoms with Crippen LogP contribution in [0.5, 0.6) is 17.2 Å². The van der Waals surface area contributed by atoms with Crippen LogP contribution in [-0.4, -0.2) is 11.4 Å². The fourth-order valence-corrected chi connectivity index (χ4v) is 2.20. The molecule has 5 nitrogen and oxygen atoms in total. The second-order valence-corrected chi connectivity index (χ2v) is 4.72. The van der Waals surface area contributed by atoms with Gasteiger partial charge in [-0.15, -0.1) is 0 Å². The number of fused-ring (bicyclic) bond motifs is 1. The number of para-hydroxylation sites is 1. The van der Waals surface area contributed by atoms with Gasteiger partial charge in [0.05, 0.1) is 10.9 Å². The van der Waals surface area contributed by atoms with Gasteiger partial charge in [0, 0.05) is 0 Å². The summed E-state index contributed by atoms with van der Waals surface area (Å²) in [4.78, 5) is 23.6. The lowest BCUT2D eigenvalue weighted by molar-refractivity contribution is 0.112. The maximum absolute atomic E-state index is 12.6. The summed E-state index contributed by atoms with van der Waals surface area (Å²) in [5.74, 6) is 0.560. The van der Waals surface area contributed by atoms with Crippen molar-refractivity contribution in [1.29, 1.82) is 0 Å². The number of carbonyl (C=O) groups is 1. The van der Waals surface area contributed by atoms with Crippen LogP contribution in [0.25, 0.3) is 11.0 Å². The predicted octanol–water partition coefficient (Wildman–Crippen LogP) is 3.41. The van der Waals surface area contributed by atoms with Crippen molar-refractivity contribution in [3.8, 4) is 17.2 Å². The van der Waals surface area contributed by atoms with E-state index in [4.69, 9.17) is 9.15 Å². The summed E-state index contributed by atoms with van der Waals surface area (Å²) < 4.78 is 11.1. The Bertz CT molecular complexity index is 910. The molecule has 0 aliphatic rings. The molecule has 0 amide bonds. The smallest absolute Gasteiger partial charge is 0.235 e. The average molecular weight is 296 g/mol. The van der Waals surface area contributed by atoms with Gasteiger partial charge in [-0.2, -0.15) is 0 Å². The van der Waals surface area contributed by atoms with Gasteiger partial charge in [0.15, 0.2) is 11.9 Å². The highest BCUT2D eigenvalue weighted by Crippen LogP contribution is 2.29. The molecule has 5 heteroatoms. The van der Waals surface area contributed by atoms with E-state index in [1.165, 1.54) is 12.1 Å². The van der Waals surface area contributed by atoms with Crippen LogP contribution in [0.15, 0.2) is 51.7 Å². The highest BCUT2D eigenvalue weighted by atomic mass is 16.5. The largest absolute Gasteiger partial charge is 0.507 e. The van der Waals surface area contributed by atoms with Crippen LogP contribution in [-0.2, 0) is 0 Å². The van der Waals surface area contributed by atoms with Gasteiger partial charge in [-0.25, -0.2) is 0 Å². The molecule has 0 atom stereocenters. The maximum Gasteiger partial charge on any atom is 0.235 e. The molecule has 3 rings (SSSR count). The normalized spacial score (nSPS) is 10.6. The number of phenolic OH excluding ortho intramolecular Hbond substituents is 1. The Morgan fingerprint density at radius 1 is 1.14 bits per heavy atom. The minimum absolute atomic E-state index is 0.0519. The first-order valence-corrected chi connectivity index (χ1v) is 6.59. The Morgan fingerprint density at radius 3 is 2.55 bits per heavy atom. The first-order valence-electron chi connectivity index (χ1n) is 6.59. The molecule has 0 spiro atoms. The Kier molecular flexibility index (Phi) is 3.39. The molecule has 0 aliphatic heterocycles. The molecular weight excluding hydrogens is 284 g/mol. The quantitative estimate of drug-likeness (QED) is 0.749. The summed E-state index contributed by atoms with van der Waals surface area (Å²) in [5, 5.41) is 9.85. The lowest BCUT2D eigenvalue weighted by Gasteiger charge is -2.09. The molecule has 1 heterocycles. The minimum atomic E-state index is -0.397. The Morgan fingerprint density at radius 2 is 1.86 bits per heavy atom. The topological polar surface area (TPSA) is 76.7 Å². The minimum Gasteiger partial charge on any atom is -0.507 e. The van der Waals surface area contributed by atoms with Gasteiger partial charge in [-0.05, 0) is 31.2 Å². The molecule has 0 saturated heterocycles. The number of aldehydes is 1. The molecule has 2 aromatic carbocycles. The van der Waals surface area contributed by atoms with Crippen molar-refractivity contribution in [1.82, 2.24) is 0 Å². The second-order valence-electron chi connectivity index (χ2n) is 4.72. The predicted molar refractivity (Wildman–Crippen MR) is 80.8 cm³/mol. The van der Waals surface area contributed by atoms with E-state index in [9.17, 15) is 14.7 Å². The number of hydrogen-bond acceptors (Lipinski definition) is 5. The summed E-state index contributed by atoms with van der Waals surface area (Å²) in [6.45, 7) is 1.57. The van der Waals surface area contributed by atoms with E-state index in [0.717, 1.165) is 0 Å². The van der Waals surface area contributed by atoms with Gasteiger partial charge in [0.25, 0.3) is 0 Å². The summed E-state index contributed by atoms with van der Waals surface area (Å²) in [5.41, 5.74) is -0.396. The van der Waals surface area contributed by atoms with Crippen LogP contribution in [0.4, 0.5) is 0 Å². The van der Waals surface area contributed by atoms with Crippen LogP contribution in [0.2, 0.25) is 0 Å². The van der Waals surface area contributed by atoms with Crippen molar-refractivity contribution in [2.24, 2.45) is 0 Å². The summed E-state index contributed by atoms with van der Waals surface area (Å²) in [7, 11) is 0. The number of aryl methyl sites for hydroxylation is 1. The molecular formula is C17H12O5. The molecule has 3 aromatic rings. The molecule has 0 unspecified atom stereocenters. The third-order valence-corrected chi connectivity index (χ3v) is 3.28. The zero-order valence-electron chi connectivity index (χ0n) is 11.7. The highest BCUT2D eigenvalue weighted by Gasteiger charge is 2.17. The van der Waals surface area contributed by atoms with Gasteiger partial charge in [0.2, 0.25) is 11.2 Å². The monoisotopic (exact) mass is 296 g/mol. The number of carbonyl (C=O) groups excluding carboxylic acids is 1. The SMILES string of the molecule is Cc1oc2c(C=O)c(O)ccc2c(=O)c1Oc1ccccc1. The van der Waals surface area contributed by atoms with Gasteiger partial charge in [-0.3, -0.25) is 9.59 Å². The zero-order chi connectivity index (χ0) is 15.7. The Labute approximate surface area is 125 Å². The summed E-state index contributed by atoms with van der Waals surface area (Å²) in [6, 6.07) is 11.5. The third kappa shape index (κ3) is 2.22. The van der Waals surface area contributed by atoms with Gasteiger partial charge < -0.3 is 14.3 Å². The molecule has 22 heavy (non-hydrogen) atoms. The fraction of sp³-hybridized carbons (Fsp3) is 0.0588. The summed E-state index contributed by atoms with van der Waals surface area (Å²) in [6.07, 6.45) is 0.456. The number of phenols is 1. The van der Waals surface area contributed by atoms with Crippen LogP contribution in [0.1, 0.15) is 16.1 Å².